The number of anilines is 1. The molecule has 2 rings (SSSR count). The molecule has 0 radical (unpaired) electrons. The number of pyridine rings is 1. The summed E-state index contributed by atoms with van der Waals surface area (Å²) in [5.41, 5.74) is 6.68. The van der Waals surface area contributed by atoms with Gasteiger partial charge in [0.25, 0.3) is 0 Å². The molecule has 0 fully saturated rings. The second-order valence-corrected chi connectivity index (χ2v) is 4.20. The van der Waals surface area contributed by atoms with Gasteiger partial charge in [-0.3, -0.25) is 4.68 Å². The molecule has 0 aromatic carbocycles. The molecular formula is C10H9N5S. The maximum atomic E-state index is 8.83. The van der Waals surface area contributed by atoms with Gasteiger partial charge in [-0.25, -0.2) is 4.98 Å². The van der Waals surface area contributed by atoms with E-state index in [1.54, 1.807) is 23.1 Å². The van der Waals surface area contributed by atoms with Gasteiger partial charge in [0.15, 0.2) is 0 Å². The van der Waals surface area contributed by atoms with Crippen molar-refractivity contribution in [2.45, 2.75) is 9.92 Å². The molecule has 0 aliphatic heterocycles. The zero-order chi connectivity index (χ0) is 11.5. The molecule has 0 atom stereocenters. The standard InChI is InChI=1S/C10H9N5S/c1-15-6-8(5-14-15)16-10-9(12)7(4-11)2-3-13-10/h2-3,5-6H,12H2,1H3. The van der Waals surface area contributed by atoms with E-state index in [1.165, 1.54) is 11.8 Å². The maximum Gasteiger partial charge on any atom is 0.125 e. The van der Waals surface area contributed by atoms with Crippen LogP contribution >= 0.6 is 11.8 Å². The summed E-state index contributed by atoms with van der Waals surface area (Å²) in [5.74, 6) is 0. The van der Waals surface area contributed by atoms with Crippen molar-refractivity contribution in [1.82, 2.24) is 14.8 Å². The van der Waals surface area contributed by atoms with Crippen LogP contribution in [-0.2, 0) is 7.05 Å². The third kappa shape index (κ3) is 1.99. The predicted octanol–water partition coefficient (Wildman–Crippen LogP) is 1.42. The van der Waals surface area contributed by atoms with Gasteiger partial charge in [0.1, 0.15) is 11.1 Å². The van der Waals surface area contributed by atoms with Gasteiger partial charge >= 0.3 is 0 Å². The van der Waals surface area contributed by atoms with Gasteiger partial charge in [0.2, 0.25) is 0 Å². The Morgan fingerprint density at radius 3 is 3.00 bits per heavy atom. The Bertz CT molecular complexity index is 555. The smallest absolute Gasteiger partial charge is 0.125 e. The van der Waals surface area contributed by atoms with Gasteiger partial charge < -0.3 is 5.73 Å². The quantitative estimate of drug-likeness (QED) is 0.845. The van der Waals surface area contributed by atoms with E-state index in [1.807, 2.05) is 19.3 Å². The molecule has 0 spiro atoms. The first-order valence-electron chi connectivity index (χ1n) is 4.52. The third-order valence-corrected chi connectivity index (χ3v) is 2.93. The lowest BCUT2D eigenvalue weighted by Gasteiger charge is -2.02. The Labute approximate surface area is 96.9 Å². The highest BCUT2D eigenvalue weighted by atomic mass is 32.2. The maximum absolute atomic E-state index is 8.83. The van der Waals surface area contributed by atoms with E-state index < -0.39 is 0 Å². The lowest BCUT2D eigenvalue weighted by molar-refractivity contribution is 0.766. The number of nitrogen functional groups attached to an aromatic ring is 1. The van der Waals surface area contributed by atoms with E-state index in [4.69, 9.17) is 11.0 Å². The van der Waals surface area contributed by atoms with Gasteiger partial charge in [-0.05, 0) is 6.07 Å². The van der Waals surface area contributed by atoms with Crippen LogP contribution in [0.4, 0.5) is 5.69 Å². The Morgan fingerprint density at radius 1 is 1.56 bits per heavy atom. The van der Waals surface area contributed by atoms with Gasteiger partial charge in [-0.1, -0.05) is 11.8 Å². The van der Waals surface area contributed by atoms with E-state index in [2.05, 4.69) is 10.1 Å². The molecule has 0 saturated heterocycles. The van der Waals surface area contributed by atoms with Crippen LogP contribution in [0.15, 0.2) is 34.6 Å². The fourth-order valence-electron chi connectivity index (χ4n) is 1.20. The molecule has 2 heterocycles. The summed E-state index contributed by atoms with van der Waals surface area (Å²) in [6, 6.07) is 3.63. The second-order valence-electron chi connectivity index (χ2n) is 3.14. The molecule has 0 aliphatic rings. The zero-order valence-electron chi connectivity index (χ0n) is 8.58. The summed E-state index contributed by atoms with van der Waals surface area (Å²) in [4.78, 5) is 5.08. The van der Waals surface area contributed by atoms with Crippen LogP contribution in [0.3, 0.4) is 0 Å². The van der Waals surface area contributed by atoms with Crippen LogP contribution in [0.5, 0.6) is 0 Å². The zero-order valence-corrected chi connectivity index (χ0v) is 9.40. The van der Waals surface area contributed by atoms with Gasteiger partial charge in [-0.2, -0.15) is 10.4 Å². The first-order chi connectivity index (χ1) is 7.70. The van der Waals surface area contributed by atoms with Crippen LogP contribution in [0, 0.1) is 11.3 Å². The summed E-state index contributed by atoms with van der Waals surface area (Å²) in [7, 11) is 1.84. The molecule has 0 aliphatic carbocycles. The molecule has 0 saturated carbocycles. The van der Waals surface area contributed by atoms with E-state index in [0.29, 0.717) is 16.3 Å². The van der Waals surface area contributed by atoms with Crippen LogP contribution in [-0.4, -0.2) is 14.8 Å². The number of nitriles is 1. The molecule has 2 N–H and O–H groups in total. The number of rotatable bonds is 2. The first-order valence-corrected chi connectivity index (χ1v) is 5.33. The molecule has 2 aromatic rings. The Hall–Kier alpha value is -2.00. The highest BCUT2D eigenvalue weighted by Crippen LogP contribution is 2.30. The first kappa shape index (κ1) is 10.5. The molecule has 0 unspecified atom stereocenters. The highest BCUT2D eigenvalue weighted by molar-refractivity contribution is 7.99. The Balaban J connectivity index is 2.32. The van der Waals surface area contributed by atoms with E-state index in [-0.39, 0.29) is 0 Å². The number of aromatic nitrogens is 3. The van der Waals surface area contributed by atoms with Crippen molar-refractivity contribution in [2.24, 2.45) is 7.05 Å². The minimum atomic E-state index is 0.416. The summed E-state index contributed by atoms with van der Waals surface area (Å²) in [5, 5.41) is 13.5. The minimum absolute atomic E-state index is 0.416. The van der Waals surface area contributed by atoms with Gasteiger partial charge in [0.05, 0.1) is 22.3 Å². The monoisotopic (exact) mass is 231 g/mol. The van der Waals surface area contributed by atoms with Crippen molar-refractivity contribution in [3.63, 3.8) is 0 Å². The van der Waals surface area contributed by atoms with E-state index in [9.17, 15) is 0 Å². The number of hydrogen-bond acceptors (Lipinski definition) is 5. The van der Waals surface area contributed by atoms with Crippen LogP contribution in [0.2, 0.25) is 0 Å². The van der Waals surface area contributed by atoms with E-state index >= 15 is 0 Å². The number of hydrogen-bond donors (Lipinski definition) is 1. The van der Waals surface area contributed by atoms with E-state index in [0.717, 1.165) is 4.90 Å². The normalized spacial score (nSPS) is 10.0. The Kier molecular flexibility index (Phi) is 2.79. The number of aryl methyl sites for hydroxylation is 1. The topological polar surface area (TPSA) is 80.5 Å². The molecule has 0 amide bonds. The third-order valence-electron chi connectivity index (χ3n) is 1.97. The molecule has 2 aromatic heterocycles. The summed E-state index contributed by atoms with van der Waals surface area (Å²) < 4.78 is 1.70. The van der Waals surface area contributed by atoms with Crippen molar-refractivity contribution in [3.05, 3.63) is 30.2 Å². The summed E-state index contributed by atoms with van der Waals surface area (Å²) in [6.07, 6.45) is 5.17. The van der Waals surface area contributed by atoms with Crippen molar-refractivity contribution in [1.29, 1.82) is 5.26 Å². The van der Waals surface area contributed by atoms with Crippen LogP contribution in [0.25, 0.3) is 0 Å². The average molecular weight is 231 g/mol. The van der Waals surface area contributed by atoms with Crippen LogP contribution in [0.1, 0.15) is 5.56 Å². The largest absolute Gasteiger partial charge is 0.395 e. The second kappa shape index (κ2) is 4.24. The van der Waals surface area contributed by atoms with Crippen molar-refractivity contribution < 1.29 is 0 Å². The molecule has 5 nitrogen and oxygen atoms in total. The summed E-state index contributed by atoms with van der Waals surface area (Å²) in [6.45, 7) is 0. The molecule has 16 heavy (non-hydrogen) atoms. The number of nitrogens with two attached hydrogens (primary N) is 1. The highest BCUT2D eigenvalue weighted by Gasteiger charge is 2.08. The predicted molar refractivity (Wildman–Crippen MR) is 60.7 cm³/mol. The lowest BCUT2D eigenvalue weighted by Crippen LogP contribution is -1.95. The van der Waals surface area contributed by atoms with Gasteiger partial charge in [0, 0.05) is 19.4 Å². The minimum Gasteiger partial charge on any atom is -0.395 e. The molecular weight excluding hydrogens is 222 g/mol. The SMILES string of the molecule is Cn1cc(Sc2nccc(C#N)c2N)cn1. The summed E-state index contributed by atoms with van der Waals surface area (Å²) >= 11 is 1.39. The molecule has 6 heteroatoms. The Morgan fingerprint density at radius 2 is 2.38 bits per heavy atom. The van der Waals surface area contributed by atoms with Crippen molar-refractivity contribution >= 4 is 17.4 Å². The fraction of sp³-hybridized carbons (Fsp3) is 0.100. The average Bonchev–Trinajstić information content (AvgIpc) is 2.67. The van der Waals surface area contributed by atoms with Crippen molar-refractivity contribution in [3.8, 4) is 6.07 Å². The molecule has 0 bridgehead atoms. The number of nitrogens with zero attached hydrogens (tertiary/aromatic N) is 4. The van der Waals surface area contributed by atoms with Gasteiger partial charge in [-0.15, -0.1) is 0 Å². The van der Waals surface area contributed by atoms with Crippen LogP contribution < -0.4 is 5.73 Å². The molecule has 80 valence electrons. The van der Waals surface area contributed by atoms with Crippen molar-refractivity contribution in [2.75, 3.05) is 5.73 Å². The lowest BCUT2D eigenvalue weighted by atomic mass is 10.2. The fourth-order valence-corrected chi connectivity index (χ4v) is 2.06.